The molecule has 0 aromatic carbocycles. The van der Waals surface area contributed by atoms with Crippen LogP contribution in [0.5, 0.6) is 0 Å². The van der Waals surface area contributed by atoms with Gasteiger partial charge in [0.15, 0.2) is 11.7 Å². The Morgan fingerprint density at radius 2 is 2.03 bits per heavy atom. The highest BCUT2D eigenvalue weighted by atomic mass is 127. The van der Waals surface area contributed by atoms with Gasteiger partial charge < -0.3 is 14.6 Å². The number of guanidine groups is 1. The summed E-state index contributed by atoms with van der Waals surface area (Å²) in [6.07, 6.45) is 13.4. The van der Waals surface area contributed by atoms with Crippen LogP contribution in [0.3, 0.4) is 0 Å². The van der Waals surface area contributed by atoms with Gasteiger partial charge in [-0.1, -0.05) is 25.7 Å². The quantitative estimate of drug-likeness (QED) is 0.338. The summed E-state index contributed by atoms with van der Waals surface area (Å²) in [5, 5.41) is 10.8. The molecule has 7 nitrogen and oxygen atoms in total. The minimum Gasteiger partial charge on any atom is -0.461 e. The van der Waals surface area contributed by atoms with Gasteiger partial charge in [-0.25, -0.2) is 4.98 Å². The second-order valence-corrected chi connectivity index (χ2v) is 8.51. The zero-order chi connectivity index (χ0) is 19.9. The first-order chi connectivity index (χ1) is 14.3. The monoisotopic (exact) mass is 526 g/mol. The fourth-order valence-electron chi connectivity index (χ4n) is 4.89. The molecule has 0 unspecified atom stereocenters. The third-order valence-corrected chi connectivity index (χ3v) is 6.34. The van der Waals surface area contributed by atoms with Gasteiger partial charge in [0, 0.05) is 32.6 Å². The zero-order valence-electron chi connectivity index (χ0n) is 18.0. The molecule has 1 aliphatic carbocycles. The number of aromatic nitrogens is 3. The third-order valence-electron chi connectivity index (χ3n) is 6.34. The number of aromatic amines is 1. The maximum Gasteiger partial charge on any atom is 0.216 e. The Balaban J connectivity index is 0.00000256. The Hall–Kier alpha value is -1.58. The van der Waals surface area contributed by atoms with Crippen LogP contribution in [-0.4, -0.2) is 52.2 Å². The van der Waals surface area contributed by atoms with Gasteiger partial charge in [-0.15, -0.1) is 24.0 Å². The summed E-state index contributed by atoms with van der Waals surface area (Å²) in [6.45, 7) is 6.00. The minimum absolute atomic E-state index is 0. The van der Waals surface area contributed by atoms with Crippen molar-refractivity contribution in [1.82, 2.24) is 25.4 Å². The van der Waals surface area contributed by atoms with Gasteiger partial charge in [-0.05, 0) is 50.2 Å². The van der Waals surface area contributed by atoms with E-state index in [9.17, 15) is 0 Å². The SMILES string of the molecule is CCNC(=NCCc1nc(-c2ccco2)n[nH]1)N1CCCC2(CCCCCC2)C1.I. The van der Waals surface area contributed by atoms with E-state index in [-0.39, 0.29) is 24.0 Å². The zero-order valence-corrected chi connectivity index (χ0v) is 20.4. The van der Waals surface area contributed by atoms with Crippen LogP contribution in [0.15, 0.2) is 27.8 Å². The lowest BCUT2D eigenvalue weighted by Gasteiger charge is -2.44. The molecule has 1 aliphatic heterocycles. The lowest BCUT2D eigenvalue weighted by Crippen LogP contribution is -2.50. The van der Waals surface area contributed by atoms with Gasteiger partial charge in [0.25, 0.3) is 0 Å². The molecule has 0 atom stereocenters. The van der Waals surface area contributed by atoms with Crippen LogP contribution >= 0.6 is 24.0 Å². The molecule has 166 valence electrons. The van der Waals surface area contributed by atoms with Crippen molar-refractivity contribution in [3.05, 3.63) is 24.2 Å². The smallest absolute Gasteiger partial charge is 0.216 e. The molecule has 8 heteroatoms. The fraction of sp³-hybridized carbons (Fsp3) is 0.682. The largest absolute Gasteiger partial charge is 0.461 e. The van der Waals surface area contributed by atoms with Gasteiger partial charge in [0.2, 0.25) is 5.82 Å². The Kier molecular flexibility index (Phi) is 8.59. The van der Waals surface area contributed by atoms with Crippen LogP contribution in [0, 0.1) is 5.41 Å². The topological polar surface area (TPSA) is 82.3 Å². The maximum atomic E-state index is 5.36. The van der Waals surface area contributed by atoms with Crippen molar-refractivity contribution in [2.24, 2.45) is 10.4 Å². The molecule has 3 heterocycles. The Morgan fingerprint density at radius 3 is 2.77 bits per heavy atom. The van der Waals surface area contributed by atoms with Gasteiger partial charge in [-0.3, -0.25) is 10.1 Å². The predicted octanol–water partition coefficient (Wildman–Crippen LogP) is 4.63. The van der Waals surface area contributed by atoms with E-state index in [2.05, 4.69) is 32.3 Å². The number of furan rings is 1. The summed E-state index contributed by atoms with van der Waals surface area (Å²) < 4.78 is 5.36. The van der Waals surface area contributed by atoms with Crippen molar-refractivity contribution < 1.29 is 4.42 Å². The molecule has 2 fully saturated rings. The number of H-pyrrole nitrogens is 1. The molecule has 2 aromatic rings. The summed E-state index contributed by atoms with van der Waals surface area (Å²) >= 11 is 0. The van der Waals surface area contributed by atoms with E-state index in [1.54, 1.807) is 6.26 Å². The van der Waals surface area contributed by atoms with Crippen molar-refractivity contribution in [2.75, 3.05) is 26.2 Å². The number of rotatable bonds is 5. The molecule has 0 radical (unpaired) electrons. The molecule has 2 aromatic heterocycles. The first-order valence-electron chi connectivity index (χ1n) is 11.3. The predicted molar refractivity (Wildman–Crippen MR) is 130 cm³/mol. The number of nitrogens with one attached hydrogen (secondary N) is 2. The van der Waals surface area contributed by atoms with E-state index in [4.69, 9.17) is 9.41 Å². The average molecular weight is 526 g/mol. The molecular weight excluding hydrogens is 491 g/mol. The highest BCUT2D eigenvalue weighted by Gasteiger charge is 2.36. The van der Waals surface area contributed by atoms with Gasteiger partial charge >= 0.3 is 0 Å². The number of hydrogen-bond donors (Lipinski definition) is 2. The third kappa shape index (κ3) is 5.76. The second-order valence-electron chi connectivity index (χ2n) is 8.51. The summed E-state index contributed by atoms with van der Waals surface area (Å²) in [6, 6.07) is 3.71. The first kappa shape index (κ1) is 23.1. The van der Waals surface area contributed by atoms with Crippen molar-refractivity contribution in [3.63, 3.8) is 0 Å². The average Bonchev–Trinajstić information content (AvgIpc) is 3.38. The van der Waals surface area contributed by atoms with E-state index in [1.807, 2.05) is 12.1 Å². The molecule has 1 saturated carbocycles. The highest BCUT2D eigenvalue weighted by Crippen LogP contribution is 2.42. The van der Waals surface area contributed by atoms with E-state index >= 15 is 0 Å². The lowest BCUT2D eigenvalue weighted by atomic mass is 9.74. The van der Waals surface area contributed by atoms with Crippen LogP contribution < -0.4 is 5.32 Å². The molecule has 1 saturated heterocycles. The van der Waals surface area contributed by atoms with Crippen LogP contribution in [0.25, 0.3) is 11.6 Å². The van der Waals surface area contributed by atoms with Crippen LogP contribution in [-0.2, 0) is 6.42 Å². The molecule has 2 aliphatic rings. The highest BCUT2D eigenvalue weighted by molar-refractivity contribution is 14.0. The number of piperidine rings is 1. The number of nitrogens with zero attached hydrogens (tertiary/aromatic N) is 4. The lowest BCUT2D eigenvalue weighted by molar-refractivity contribution is 0.115. The molecule has 4 rings (SSSR count). The Labute approximate surface area is 196 Å². The summed E-state index contributed by atoms with van der Waals surface area (Å²) in [5.41, 5.74) is 0.508. The first-order valence-corrected chi connectivity index (χ1v) is 11.3. The fourth-order valence-corrected chi connectivity index (χ4v) is 4.89. The molecule has 0 bridgehead atoms. The summed E-state index contributed by atoms with van der Waals surface area (Å²) in [7, 11) is 0. The van der Waals surface area contributed by atoms with Crippen LogP contribution in [0.1, 0.15) is 64.1 Å². The number of aliphatic imine (C=N–C) groups is 1. The normalized spacial score (nSPS) is 19.4. The van der Waals surface area contributed by atoms with Gasteiger partial charge in [0.1, 0.15) is 5.82 Å². The van der Waals surface area contributed by atoms with Gasteiger partial charge in [0.05, 0.1) is 6.26 Å². The molecule has 0 amide bonds. The van der Waals surface area contributed by atoms with E-state index in [0.29, 0.717) is 23.5 Å². The second kappa shape index (κ2) is 11.2. The van der Waals surface area contributed by atoms with Crippen molar-refractivity contribution >= 4 is 29.9 Å². The summed E-state index contributed by atoms with van der Waals surface area (Å²) in [4.78, 5) is 12.0. The minimum atomic E-state index is 0. The Morgan fingerprint density at radius 1 is 1.23 bits per heavy atom. The van der Waals surface area contributed by atoms with Crippen molar-refractivity contribution in [1.29, 1.82) is 0 Å². The number of halogens is 1. The standard InChI is InChI=1S/C22H34N6O.HI/c1-2-23-21(28-15-8-13-22(17-28)11-5-3-4-6-12-22)24-14-10-19-25-20(27-26-19)18-9-7-16-29-18;/h7,9,16H,2-6,8,10-15,17H2,1H3,(H,23,24)(H,25,26,27);1H. The molecule has 30 heavy (non-hydrogen) atoms. The number of likely N-dealkylation sites (tertiary alicyclic amines) is 1. The van der Waals surface area contributed by atoms with Crippen LogP contribution in [0.2, 0.25) is 0 Å². The molecule has 2 N–H and O–H groups in total. The van der Waals surface area contributed by atoms with Crippen LogP contribution in [0.4, 0.5) is 0 Å². The van der Waals surface area contributed by atoms with E-state index in [1.165, 1.54) is 51.4 Å². The Bertz CT molecular complexity index is 779. The van der Waals surface area contributed by atoms with Gasteiger partial charge in [-0.2, -0.15) is 5.10 Å². The van der Waals surface area contributed by atoms with Crippen molar-refractivity contribution in [3.8, 4) is 11.6 Å². The number of hydrogen-bond acceptors (Lipinski definition) is 4. The van der Waals surface area contributed by atoms with E-state index in [0.717, 1.165) is 37.8 Å². The maximum absolute atomic E-state index is 5.36. The molecule has 1 spiro atoms. The van der Waals surface area contributed by atoms with Crippen molar-refractivity contribution in [2.45, 2.75) is 64.7 Å². The summed E-state index contributed by atoms with van der Waals surface area (Å²) in [5.74, 6) is 3.19. The van der Waals surface area contributed by atoms with E-state index < -0.39 is 0 Å². The molecular formula is C22H35IN6O.